The number of nitrogen functional groups attached to an aromatic ring is 1. The highest BCUT2D eigenvalue weighted by atomic mass is 16.6. The second kappa shape index (κ2) is 11.0. The van der Waals surface area contributed by atoms with Crippen LogP contribution in [0.15, 0.2) is 66.1 Å². The Labute approximate surface area is 197 Å². The van der Waals surface area contributed by atoms with Crippen LogP contribution in [0.5, 0.6) is 11.5 Å². The summed E-state index contributed by atoms with van der Waals surface area (Å²) >= 11 is 0. The number of carbonyl (C=O) groups excluding carboxylic acids is 1. The van der Waals surface area contributed by atoms with E-state index in [1.54, 1.807) is 0 Å². The molecule has 2 aromatic carbocycles. The first-order chi connectivity index (χ1) is 16.6. The van der Waals surface area contributed by atoms with Crippen molar-refractivity contribution in [2.24, 2.45) is 5.16 Å². The molecule has 0 radical (unpaired) electrons. The van der Waals surface area contributed by atoms with Crippen molar-refractivity contribution >= 4 is 29.6 Å². The molecule has 0 unspecified atom stereocenters. The van der Waals surface area contributed by atoms with Crippen LogP contribution in [0.2, 0.25) is 0 Å². The first-order valence-corrected chi connectivity index (χ1v) is 10.9. The lowest BCUT2D eigenvalue weighted by atomic mass is 10.0. The molecule has 176 valence electrons. The van der Waals surface area contributed by atoms with Gasteiger partial charge in [0.05, 0.1) is 11.8 Å². The zero-order valence-corrected chi connectivity index (χ0v) is 18.8. The largest absolute Gasteiger partial charge is 0.457 e. The van der Waals surface area contributed by atoms with Crippen LogP contribution in [0, 0.1) is 0 Å². The van der Waals surface area contributed by atoms with E-state index in [-0.39, 0.29) is 12.1 Å². The molecule has 4 N–H and O–H groups in total. The van der Waals surface area contributed by atoms with Crippen LogP contribution >= 0.6 is 0 Å². The van der Waals surface area contributed by atoms with Crippen molar-refractivity contribution in [3.8, 4) is 11.5 Å². The lowest BCUT2D eigenvalue weighted by Crippen LogP contribution is -2.46. The highest BCUT2D eigenvalue weighted by Gasteiger charge is 2.24. The SMILES string of the molecule is CO/N=C/c1c(N)ncnc1N1CCC(NC(=O)Nc2ccc(Oc3ccccc3)cc2)CC1. The van der Waals surface area contributed by atoms with Crippen LogP contribution in [0.1, 0.15) is 18.4 Å². The number of ether oxygens (including phenoxy) is 1. The normalized spacial score (nSPS) is 14.1. The van der Waals surface area contributed by atoms with Crippen LogP contribution in [0.4, 0.5) is 22.1 Å². The van der Waals surface area contributed by atoms with Crippen molar-refractivity contribution in [2.45, 2.75) is 18.9 Å². The van der Waals surface area contributed by atoms with Gasteiger partial charge in [0.1, 0.15) is 36.6 Å². The number of amides is 2. The van der Waals surface area contributed by atoms with Crippen molar-refractivity contribution in [3.63, 3.8) is 0 Å². The van der Waals surface area contributed by atoms with E-state index in [4.69, 9.17) is 15.3 Å². The number of rotatable bonds is 7. The quantitative estimate of drug-likeness (QED) is 0.362. The number of oxime groups is 1. The summed E-state index contributed by atoms with van der Waals surface area (Å²) < 4.78 is 5.78. The van der Waals surface area contributed by atoms with E-state index in [0.29, 0.717) is 41.7 Å². The second-order valence-electron chi connectivity index (χ2n) is 7.71. The summed E-state index contributed by atoms with van der Waals surface area (Å²) in [6, 6.07) is 16.6. The van der Waals surface area contributed by atoms with Crippen molar-refractivity contribution < 1.29 is 14.4 Å². The summed E-state index contributed by atoms with van der Waals surface area (Å²) in [6.07, 6.45) is 4.48. The molecule has 1 aliphatic heterocycles. The fourth-order valence-corrected chi connectivity index (χ4v) is 3.70. The van der Waals surface area contributed by atoms with Gasteiger partial charge in [-0.15, -0.1) is 0 Å². The van der Waals surface area contributed by atoms with Gasteiger partial charge in [0.15, 0.2) is 0 Å². The predicted octanol–water partition coefficient (Wildman–Crippen LogP) is 3.62. The molecule has 1 saturated heterocycles. The van der Waals surface area contributed by atoms with Gasteiger partial charge in [-0.1, -0.05) is 23.4 Å². The van der Waals surface area contributed by atoms with E-state index < -0.39 is 0 Å². The molecular weight excluding hydrogens is 434 g/mol. The summed E-state index contributed by atoms with van der Waals surface area (Å²) in [5.74, 6) is 2.50. The fourth-order valence-electron chi connectivity index (χ4n) is 3.70. The number of aromatic nitrogens is 2. The molecule has 4 rings (SSSR count). The van der Waals surface area contributed by atoms with Gasteiger partial charge in [-0.3, -0.25) is 0 Å². The molecule has 0 atom stereocenters. The number of benzene rings is 2. The van der Waals surface area contributed by atoms with Crippen LogP contribution in [0.3, 0.4) is 0 Å². The van der Waals surface area contributed by atoms with Gasteiger partial charge in [0, 0.05) is 24.8 Å². The van der Waals surface area contributed by atoms with E-state index >= 15 is 0 Å². The minimum Gasteiger partial charge on any atom is -0.457 e. The first-order valence-electron chi connectivity index (χ1n) is 10.9. The van der Waals surface area contributed by atoms with Gasteiger partial charge < -0.3 is 30.8 Å². The van der Waals surface area contributed by atoms with Crippen LogP contribution in [-0.4, -0.2) is 48.5 Å². The average molecular weight is 462 g/mol. The Morgan fingerprint density at radius 2 is 1.79 bits per heavy atom. The van der Waals surface area contributed by atoms with Crippen LogP contribution < -0.4 is 26.0 Å². The number of piperidine rings is 1. The number of para-hydroxylation sites is 1. The van der Waals surface area contributed by atoms with Crippen LogP contribution in [0.25, 0.3) is 0 Å². The molecule has 1 fully saturated rings. The van der Waals surface area contributed by atoms with Crippen molar-refractivity contribution in [1.29, 1.82) is 0 Å². The number of nitrogens with zero attached hydrogens (tertiary/aromatic N) is 4. The predicted molar refractivity (Wildman–Crippen MR) is 131 cm³/mol. The number of nitrogens with two attached hydrogens (primary N) is 1. The van der Waals surface area contributed by atoms with E-state index in [9.17, 15) is 4.79 Å². The monoisotopic (exact) mass is 461 g/mol. The summed E-state index contributed by atoms with van der Waals surface area (Å²) in [5.41, 5.74) is 7.29. The average Bonchev–Trinajstić information content (AvgIpc) is 2.85. The maximum Gasteiger partial charge on any atom is 0.319 e. The molecule has 1 aliphatic rings. The summed E-state index contributed by atoms with van der Waals surface area (Å²) in [4.78, 5) is 27.8. The summed E-state index contributed by atoms with van der Waals surface area (Å²) in [5, 5.41) is 9.71. The minimum absolute atomic E-state index is 0.0483. The standard InChI is InChI=1S/C24H27N7O3/c1-33-28-15-21-22(25)26-16-27-23(21)31-13-11-18(12-14-31)30-24(32)29-17-7-9-20(10-8-17)34-19-5-3-2-4-6-19/h2-10,15-16,18H,11-14H2,1H3,(H2,25,26,27)(H2,29,30,32)/b28-15+. The molecule has 0 saturated carbocycles. The highest BCUT2D eigenvalue weighted by molar-refractivity contribution is 5.92. The lowest BCUT2D eigenvalue weighted by molar-refractivity contribution is 0.215. The third-order valence-electron chi connectivity index (χ3n) is 5.40. The van der Waals surface area contributed by atoms with Gasteiger partial charge >= 0.3 is 6.03 Å². The number of nitrogens with one attached hydrogen (secondary N) is 2. The maximum atomic E-state index is 12.5. The number of hydrogen-bond acceptors (Lipinski definition) is 8. The Kier molecular flexibility index (Phi) is 7.39. The zero-order chi connectivity index (χ0) is 23.8. The van der Waals surface area contributed by atoms with E-state index in [0.717, 1.165) is 18.6 Å². The molecule has 2 heterocycles. The van der Waals surface area contributed by atoms with Crippen molar-refractivity contribution in [2.75, 3.05) is 36.1 Å². The molecular formula is C24H27N7O3. The molecule has 0 aliphatic carbocycles. The Morgan fingerprint density at radius 3 is 2.50 bits per heavy atom. The third kappa shape index (κ3) is 5.91. The second-order valence-corrected chi connectivity index (χ2v) is 7.71. The van der Waals surface area contributed by atoms with Gasteiger partial charge in [-0.05, 0) is 49.2 Å². The lowest BCUT2D eigenvalue weighted by Gasteiger charge is -2.33. The summed E-state index contributed by atoms with van der Waals surface area (Å²) in [6.45, 7) is 1.42. The fraction of sp³-hybridized carbons (Fsp3) is 0.250. The third-order valence-corrected chi connectivity index (χ3v) is 5.40. The number of anilines is 3. The molecule has 2 amide bonds. The van der Waals surface area contributed by atoms with Crippen molar-refractivity contribution in [3.05, 3.63) is 66.5 Å². The molecule has 0 spiro atoms. The van der Waals surface area contributed by atoms with Gasteiger partial charge in [0.25, 0.3) is 0 Å². The van der Waals surface area contributed by atoms with Crippen molar-refractivity contribution in [1.82, 2.24) is 15.3 Å². The van der Waals surface area contributed by atoms with Crippen LogP contribution in [-0.2, 0) is 4.84 Å². The number of urea groups is 1. The molecule has 1 aromatic heterocycles. The number of hydrogen-bond donors (Lipinski definition) is 3. The number of carbonyl (C=O) groups is 1. The van der Waals surface area contributed by atoms with Gasteiger partial charge in [-0.2, -0.15) is 0 Å². The molecule has 0 bridgehead atoms. The Morgan fingerprint density at radius 1 is 1.09 bits per heavy atom. The minimum atomic E-state index is -0.241. The smallest absolute Gasteiger partial charge is 0.319 e. The molecule has 10 nitrogen and oxygen atoms in total. The van der Waals surface area contributed by atoms with E-state index in [1.807, 2.05) is 54.6 Å². The first kappa shape index (κ1) is 22.8. The maximum absolute atomic E-state index is 12.5. The Hall–Kier alpha value is -4.34. The Bertz CT molecular complexity index is 1120. The van der Waals surface area contributed by atoms with E-state index in [1.165, 1.54) is 19.7 Å². The topological polar surface area (TPSA) is 127 Å². The molecule has 34 heavy (non-hydrogen) atoms. The van der Waals surface area contributed by atoms with E-state index in [2.05, 4.69) is 30.7 Å². The van der Waals surface area contributed by atoms with Gasteiger partial charge in [0.2, 0.25) is 0 Å². The highest BCUT2D eigenvalue weighted by Crippen LogP contribution is 2.24. The Balaban J connectivity index is 1.27. The molecule has 3 aromatic rings. The summed E-state index contributed by atoms with van der Waals surface area (Å²) in [7, 11) is 1.46. The molecule has 10 heteroatoms. The van der Waals surface area contributed by atoms with Gasteiger partial charge in [-0.25, -0.2) is 14.8 Å². The zero-order valence-electron chi connectivity index (χ0n) is 18.8.